The molecule has 2 rings (SSSR count). The molecule has 3 nitrogen and oxygen atoms in total. The van der Waals surface area contributed by atoms with Crippen molar-refractivity contribution in [3.8, 4) is 11.4 Å². The van der Waals surface area contributed by atoms with E-state index in [4.69, 9.17) is 0 Å². The summed E-state index contributed by atoms with van der Waals surface area (Å²) in [7, 11) is 0. The number of hydrogen-bond acceptors (Lipinski definition) is 2. The van der Waals surface area contributed by atoms with Crippen molar-refractivity contribution < 1.29 is 4.39 Å². The summed E-state index contributed by atoms with van der Waals surface area (Å²) in [5.41, 5.74) is 1.42. The molecule has 0 saturated carbocycles. The zero-order chi connectivity index (χ0) is 11.5. The number of aryl methyl sites for hydroxylation is 2. The smallest absolute Gasteiger partial charge is 0.163 e. The molecule has 0 atom stereocenters. The molecule has 84 valence electrons. The van der Waals surface area contributed by atoms with Crippen LogP contribution in [-0.2, 0) is 6.54 Å². The van der Waals surface area contributed by atoms with Gasteiger partial charge in [-0.15, -0.1) is 10.2 Å². The lowest BCUT2D eigenvalue weighted by Crippen LogP contribution is -1.98. The van der Waals surface area contributed by atoms with Crippen LogP contribution >= 0.6 is 0 Å². The summed E-state index contributed by atoms with van der Waals surface area (Å²) in [6.07, 6.45) is 2.68. The summed E-state index contributed by atoms with van der Waals surface area (Å²) in [4.78, 5) is 0. The fourth-order valence-corrected chi connectivity index (χ4v) is 1.62. The average Bonchev–Trinajstić information content (AvgIpc) is 2.71. The molecular formula is C12H14FN3. The second kappa shape index (κ2) is 4.43. The van der Waals surface area contributed by atoms with Gasteiger partial charge in [-0.05, 0) is 25.0 Å². The van der Waals surface area contributed by atoms with Crippen molar-refractivity contribution in [2.45, 2.75) is 26.8 Å². The third-order valence-electron chi connectivity index (χ3n) is 2.51. The lowest BCUT2D eigenvalue weighted by molar-refractivity contribution is 0.618. The van der Waals surface area contributed by atoms with Crippen molar-refractivity contribution in [2.75, 3.05) is 0 Å². The van der Waals surface area contributed by atoms with Crippen LogP contribution in [0.3, 0.4) is 0 Å². The van der Waals surface area contributed by atoms with Gasteiger partial charge in [-0.1, -0.05) is 19.1 Å². The Hall–Kier alpha value is -1.71. The lowest BCUT2D eigenvalue weighted by atomic mass is 10.1. The Labute approximate surface area is 93.9 Å². The van der Waals surface area contributed by atoms with Gasteiger partial charge in [-0.25, -0.2) is 4.39 Å². The molecule has 0 spiro atoms. The van der Waals surface area contributed by atoms with E-state index >= 15 is 0 Å². The van der Waals surface area contributed by atoms with Crippen molar-refractivity contribution in [2.24, 2.45) is 0 Å². The van der Waals surface area contributed by atoms with Gasteiger partial charge in [-0.3, -0.25) is 0 Å². The number of aromatic nitrogens is 3. The van der Waals surface area contributed by atoms with Crippen LogP contribution in [0.25, 0.3) is 11.4 Å². The fraction of sp³-hybridized carbons (Fsp3) is 0.333. The quantitative estimate of drug-likeness (QED) is 0.794. The van der Waals surface area contributed by atoms with Gasteiger partial charge in [0.2, 0.25) is 0 Å². The number of halogens is 1. The van der Waals surface area contributed by atoms with Crippen molar-refractivity contribution in [1.82, 2.24) is 14.8 Å². The maximum absolute atomic E-state index is 13.4. The molecule has 4 heteroatoms. The van der Waals surface area contributed by atoms with E-state index in [1.165, 1.54) is 6.07 Å². The molecule has 0 radical (unpaired) electrons. The summed E-state index contributed by atoms with van der Waals surface area (Å²) in [5.74, 6) is 0.518. The molecule has 1 aromatic heterocycles. The van der Waals surface area contributed by atoms with Gasteiger partial charge >= 0.3 is 0 Å². The monoisotopic (exact) mass is 219 g/mol. The zero-order valence-corrected chi connectivity index (χ0v) is 9.44. The molecule has 0 aliphatic rings. The van der Waals surface area contributed by atoms with Crippen LogP contribution in [0.1, 0.15) is 18.9 Å². The second-order valence-corrected chi connectivity index (χ2v) is 3.81. The number of rotatable bonds is 3. The van der Waals surface area contributed by atoms with Gasteiger partial charge in [0.05, 0.1) is 0 Å². The minimum absolute atomic E-state index is 0.205. The summed E-state index contributed by atoms with van der Waals surface area (Å²) in [5, 5.41) is 7.88. The van der Waals surface area contributed by atoms with E-state index in [-0.39, 0.29) is 5.82 Å². The Morgan fingerprint density at radius 3 is 2.88 bits per heavy atom. The third-order valence-corrected chi connectivity index (χ3v) is 2.51. The van der Waals surface area contributed by atoms with Crippen molar-refractivity contribution in [3.05, 3.63) is 35.9 Å². The van der Waals surface area contributed by atoms with Gasteiger partial charge in [0.1, 0.15) is 12.1 Å². The van der Waals surface area contributed by atoms with Crippen LogP contribution in [-0.4, -0.2) is 14.8 Å². The van der Waals surface area contributed by atoms with Crippen LogP contribution in [0.2, 0.25) is 0 Å². The molecular weight excluding hydrogens is 205 g/mol. The molecule has 0 unspecified atom stereocenters. The Bertz CT molecular complexity index is 491. The van der Waals surface area contributed by atoms with Crippen molar-refractivity contribution in [3.63, 3.8) is 0 Å². The average molecular weight is 219 g/mol. The van der Waals surface area contributed by atoms with Crippen LogP contribution < -0.4 is 0 Å². The van der Waals surface area contributed by atoms with Crippen LogP contribution in [0.15, 0.2) is 24.5 Å². The predicted molar refractivity (Wildman–Crippen MR) is 60.4 cm³/mol. The number of hydrogen-bond donors (Lipinski definition) is 0. The third kappa shape index (κ3) is 1.96. The van der Waals surface area contributed by atoms with Gasteiger partial charge in [0.15, 0.2) is 5.82 Å². The van der Waals surface area contributed by atoms with Gasteiger partial charge in [0.25, 0.3) is 0 Å². The predicted octanol–water partition coefficient (Wildman–Crippen LogP) is 2.80. The molecule has 0 aliphatic heterocycles. The van der Waals surface area contributed by atoms with Crippen LogP contribution in [0, 0.1) is 12.7 Å². The molecule has 16 heavy (non-hydrogen) atoms. The second-order valence-electron chi connectivity index (χ2n) is 3.81. The largest absolute Gasteiger partial charge is 0.314 e. The fourth-order valence-electron chi connectivity index (χ4n) is 1.62. The molecule has 0 bridgehead atoms. The SMILES string of the molecule is CCCn1cnnc1-c1ccc(C)c(F)c1. The van der Waals surface area contributed by atoms with E-state index in [0.717, 1.165) is 24.4 Å². The molecule has 1 aromatic carbocycles. The molecule has 0 fully saturated rings. The molecule has 0 N–H and O–H groups in total. The maximum atomic E-state index is 13.4. The van der Waals surface area contributed by atoms with Crippen LogP contribution in [0.4, 0.5) is 4.39 Å². The van der Waals surface area contributed by atoms with E-state index in [9.17, 15) is 4.39 Å². The Balaban J connectivity index is 2.42. The topological polar surface area (TPSA) is 30.7 Å². The summed E-state index contributed by atoms with van der Waals surface area (Å²) in [6, 6.07) is 5.13. The zero-order valence-electron chi connectivity index (χ0n) is 9.44. The van der Waals surface area contributed by atoms with Gasteiger partial charge < -0.3 is 4.57 Å². The summed E-state index contributed by atoms with van der Waals surface area (Å²) < 4.78 is 15.4. The standard InChI is InChI=1S/C12H14FN3/c1-3-6-16-8-14-15-12(16)10-5-4-9(2)11(13)7-10/h4-5,7-8H,3,6H2,1-2H3. The minimum Gasteiger partial charge on any atom is -0.314 e. The first kappa shape index (κ1) is 10.8. The van der Waals surface area contributed by atoms with E-state index in [1.807, 2.05) is 10.6 Å². The molecule has 0 aliphatic carbocycles. The highest BCUT2D eigenvalue weighted by Crippen LogP contribution is 2.19. The van der Waals surface area contributed by atoms with Crippen molar-refractivity contribution in [1.29, 1.82) is 0 Å². The minimum atomic E-state index is -0.205. The highest BCUT2D eigenvalue weighted by atomic mass is 19.1. The highest BCUT2D eigenvalue weighted by molar-refractivity contribution is 5.55. The van der Waals surface area contributed by atoms with E-state index in [0.29, 0.717) is 5.56 Å². The number of benzene rings is 1. The number of nitrogens with zero attached hydrogens (tertiary/aromatic N) is 3. The molecule has 1 heterocycles. The van der Waals surface area contributed by atoms with E-state index in [1.54, 1.807) is 19.3 Å². The Kier molecular flexibility index (Phi) is 2.99. The Morgan fingerprint density at radius 1 is 1.38 bits per heavy atom. The maximum Gasteiger partial charge on any atom is 0.163 e. The van der Waals surface area contributed by atoms with Crippen molar-refractivity contribution >= 4 is 0 Å². The highest BCUT2D eigenvalue weighted by Gasteiger charge is 2.08. The molecule has 0 saturated heterocycles. The van der Waals surface area contributed by atoms with E-state index in [2.05, 4.69) is 17.1 Å². The summed E-state index contributed by atoms with van der Waals surface area (Å²) >= 11 is 0. The van der Waals surface area contributed by atoms with Crippen LogP contribution in [0.5, 0.6) is 0 Å². The molecule has 0 amide bonds. The normalized spacial score (nSPS) is 10.7. The van der Waals surface area contributed by atoms with Gasteiger partial charge in [-0.2, -0.15) is 0 Å². The summed E-state index contributed by atoms with van der Waals surface area (Å²) in [6.45, 7) is 4.67. The lowest BCUT2D eigenvalue weighted by Gasteiger charge is -2.05. The first-order chi connectivity index (χ1) is 7.72. The first-order valence-electron chi connectivity index (χ1n) is 5.36. The first-order valence-corrected chi connectivity index (χ1v) is 5.36. The van der Waals surface area contributed by atoms with Gasteiger partial charge in [0, 0.05) is 12.1 Å². The molecule has 2 aromatic rings. The van der Waals surface area contributed by atoms with E-state index < -0.39 is 0 Å². The Morgan fingerprint density at radius 2 is 2.19 bits per heavy atom.